The molecule has 1 fully saturated rings. The number of halogens is 1. The second-order valence-corrected chi connectivity index (χ2v) is 6.91. The van der Waals surface area contributed by atoms with E-state index in [2.05, 4.69) is 5.10 Å². The molecule has 0 spiro atoms. The lowest BCUT2D eigenvalue weighted by atomic mass is 10.0. The predicted octanol–water partition coefficient (Wildman–Crippen LogP) is 3.99. The molecule has 7 heteroatoms. The van der Waals surface area contributed by atoms with Crippen LogP contribution in [0.2, 0.25) is 5.15 Å². The van der Waals surface area contributed by atoms with E-state index in [0.29, 0.717) is 28.1 Å². The third-order valence-corrected chi connectivity index (χ3v) is 4.99. The summed E-state index contributed by atoms with van der Waals surface area (Å²) in [6.45, 7) is 2.96. The van der Waals surface area contributed by atoms with Crippen LogP contribution in [-0.2, 0) is 27.4 Å². The SMILES string of the molecule is CO/C=C(/C(=O)OC)c1ccccc1COc1nn(CC2CC2)c(Cl)c1C. The van der Waals surface area contributed by atoms with Gasteiger partial charge in [-0.1, -0.05) is 35.9 Å². The molecule has 0 radical (unpaired) electrons. The maximum Gasteiger partial charge on any atom is 0.341 e. The van der Waals surface area contributed by atoms with Crippen molar-refractivity contribution in [3.8, 4) is 5.88 Å². The topological polar surface area (TPSA) is 62.6 Å². The van der Waals surface area contributed by atoms with Crippen LogP contribution in [-0.4, -0.2) is 30.0 Å². The summed E-state index contributed by atoms with van der Waals surface area (Å²) in [5, 5.41) is 5.11. The van der Waals surface area contributed by atoms with Crippen molar-refractivity contribution < 1.29 is 19.0 Å². The Bertz CT molecular complexity index is 856. The number of carbonyl (C=O) groups is 1. The lowest BCUT2D eigenvalue weighted by Gasteiger charge is -2.12. The molecule has 1 heterocycles. The summed E-state index contributed by atoms with van der Waals surface area (Å²) in [7, 11) is 2.82. The summed E-state index contributed by atoms with van der Waals surface area (Å²) in [6.07, 6.45) is 3.82. The second-order valence-electron chi connectivity index (χ2n) is 6.55. The normalized spacial score (nSPS) is 14.1. The van der Waals surface area contributed by atoms with Crippen molar-refractivity contribution in [1.82, 2.24) is 9.78 Å². The van der Waals surface area contributed by atoms with Crippen molar-refractivity contribution in [2.24, 2.45) is 5.92 Å². The predicted molar refractivity (Wildman–Crippen MR) is 102 cm³/mol. The van der Waals surface area contributed by atoms with Crippen molar-refractivity contribution in [2.45, 2.75) is 32.9 Å². The van der Waals surface area contributed by atoms with Crippen molar-refractivity contribution in [3.63, 3.8) is 0 Å². The first-order chi connectivity index (χ1) is 13.0. The van der Waals surface area contributed by atoms with E-state index in [0.717, 1.165) is 17.7 Å². The van der Waals surface area contributed by atoms with Gasteiger partial charge in [-0.2, -0.15) is 0 Å². The summed E-state index contributed by atoms with van der Waals surface area (Å²) < 4.78 is 17.6. The Labute approximate surface area is 163 Å². The number of hydrogen-bond acceptors (Lipinski definition) is 5. The van der Waals surface area contributed by atoms with Gasteiger partial charge in [0.15, 0.2) is 0 Å². The molecule has 1 aliphatic rings. The Kier molecular flexibility index (Phi) is 6.06. The minimum absolute atomic E-state index is 0.242. The largest absolute Gasteiger partial charge is 0.503 e. The lowest BCUT2D eigenvalue weighted by molar-refractivity contribution is -0.133. The van der Waals surface area contributed by atoms with Crippen LogP contribution in [0.3, 0.4) is 0 Å². The highest BCUT2D eigenvalue weighted by Crippen LogP contribution is 2.34. The standard InChI is InChI=1S/C20H23ClN2O4/c1-13-18(21)23(10-14-8-9-14)22-19(13)27-11-15-6-4-5-7-16(15)17(12-25-2)20(24)26-3/h4-7,12,14H,8-11H2,1-3H3/b17-12+. The van der Waals surface area contributed by atoms with Gasteiger partial charge in [-0.05, 0) is 36.8 Å². The van der Waals surface area contributed by atoms with Gasteiger partial charge in [0.25, 0.3) is 0 Å². The molecule has 0 amide bonds. The van der Waals surface area contributed by atoms with Crippen molar-refractivity contribution in [3.05, 3.63) is 52.4 Å². The Morgan fingerprint density at radius 1 is 1.33 bits per heavy atom. The van der Waals surface area contributed by atoms with Gasteiger partial charge in [-0.25, -0.2) is 9.48 Å². The number of rotatable bonds is 8. The zero-order chi connectivity index (χ0) is 19.4. The molecule has 0 atom stereocenters. The maximum atomic E-state index is 12.1. The van der Waals surface area contributed by atoms with E-state index >= 15 is 0 Å². The van der Waals surface area contributed by atoms with Gasteiger partial charge < -0.3 is 14.2 Å². The monoisotopic (exact) mass is 390 g/mol. The van der Waals surface area contributed by atoms with E-state index < -0.39 is 5.97 Å². The fourth-order valence-electron chi connectivity index (χ4n) is 2.82. The van der Waals surface area contributed by atoms with Gasteiger partial charge in [0, 0.05) is 12.1 Å². The number of nitrogens with zero attached hydrogens (tertiary/aromatic N) is 2. The van der Waals surface area contributed by atoms with E-state index in [1.807, 2.05) is 31.2 Å². The zero-order valence-electron chi connectivity index (χ0n) is 15.7. The molecule has 27 heavy (non-hydrogen) atoms. The maximum absolute atomic E-state index is 12.1. The van der Waals surface area contributed by atoms with Crippen LogP contribution in [0.5, 0.6) is 5.88 Å². The Morgan fingerprint density at radius 2 is 2.07 bits per heavy atom. The van der Waals surface area contributed by atoms with E-state index in [4.69, 9.17) is 25.8 Å². The van der Waals surface area contributed by atoms with Gasteiger partial charge in [-0.15, -0.1) is 5.10 Å². The molecule has 0 N–H and O–H groups in total. The highest BCUT2D eigenvalue weighted by Gasteiger charge is 2.25. The molecule has 1 aromatic heterocycles. The smallest absolute Gasteiger partial charge is 0.341 e. The van der Waals surface area contributed by atoms with Crippen molar-refractivity contribution in [2.75, 3.05) is 14.2 Å². The molecule has 1 aliphatic carbocycles. The molecule has 0 aliphatic heterocycles. The van der Waals surface area contributed by atoms with Crippen LogP contribution in [0.25, 0.3) is 5.57 Å². The van der Waals surface area contributed by atoms with Gasteiger partial charge in [0.2, 0.25) is 5.88 Å². The van der Waals surface area contributed by atoms with Crippen LogP contribution in [0, 0.1) is 12.8 Å². The van der Waals surface area contributed by atoms with Crippen LogP contribution >= 0.6 is 11.6 Å². The number of hydrogen-bond donors (Lipinski definition) is 0. The molecular weight excluding hydrogens is 368 g/mol. The molecule has 1 aromatic carbocycles. The Morgan fingerprint density at radius 3 is 2.74 bits per heavy atom. The summed E-state index contributed by atoms with van der Waals surface area (Å²) in [4.78, 5) is 12.1. The molecule has 144 valence electrons. The van der Waals surface area contributed by atoms with E-state index in [1.165, 1.54) is 33.3 Å². The quantitative estimate of drug-likeness (QED) is 0.387. The van der Waals surface area contributed by atoms with Gasteiger partial charge in [0.1, 0.15) is 17.3 Å². The third-order valence-electron chi connectivity index (χ3n) is 4.51. The number of aromatic nitrogens is 2. The molecule has 0 saturated heterocycles. The minimum atomic E-state index is -0.475. The summed E-state index contributed by atoms with van der Waals surface area (Å²) in [5.41, 5.74) is 2.65. The highest BCUT2D eigenvalue weighted by atomic mass is 35.5. The van der Waals surface area contributed by atoms with E-state index in [9.17, 15) is 4.79 Å². The molecule has 1 saturated carbocycles. The molecule has 2 aromatic rings. The Balaban J connectivity index is 1.81. The average Bonchev–Trinajstić information content (AvgIpc) is 3.46. The molecule has 0 bridgehead atoms. The molecular formula is C20H23ClN2O4. The minimum Gasteiger partial charge on any atom is -0.503 e. The molecule has 6 nitrogen and oxygen atoms in total. The summed E-state index contributed by atoms with van der Waals surface area (Å²) in [6, 6.07) is 7.44. The first-order valence-corrected chi connectivity index (χ1v) is 9.18. The van der Waals surface area contributed by atoms with E-state index in [-0.39, 0.29) is 6.61 Å². The number of methoxy groups -OCH3 is 2. The van der Waals surface area contributed by atoms with Crippen molar-refractivity contribution >= 4 is 23.1 Å². The van der Waals surface area contributed by atoms with Gasteiger partial charge in [0.05, 0.1) is 20.5 Å². The highest BCUT2D eigenvalue weighted by molar-refractivity contribution is 6.30. The summed E-state index contributed by atoms with van der Waals surface area (Å²) in [5.74, 6) is 0.695. The number of ether oxygens (including phenoxy) is 3. The number of benzene rings is 1. The van der Waals surface area contributed by atoms with Crippen LogP contribution in [0.15, 0.2) is 30.5 Å². The average molecular weight is 391 g/mol. The summed E-state index contributed by atoms with van der Waals surface area (Å²) >= 11 is 6.38. The van der Waals surface area contributed by atoms with E-state index in [1.54, 1.807) is 4.68 Å². The van der Waals surface area contributed by atoms with Gasteiger partial charge in [-0.3, -0.25) is 0 Å². The molecule has 3 rings (SSSR count). The van der Waals surface area contributed by atoms with Crippen LogP contribution in [0.4, 0.5) is 0 Å². The number of esters is 1. The first kappa shape index (κ1) is 19.3. The fraction of sp³-hybridized carbons (Fsp3) is 0.400. The number of carbonyl (C=O) groups excluding carboxylic acids is 1. The first-order valence-electron chi connectivity index (χ1n) is 8.80. The van der Waals surface area contributed by atoms with Gasteiger partial charge >= 0.3 is 5.97 Å². The fourth-order valence-corrected chi connectivity index (χ4v) is 3.01. The Hall–Kier alpha value is -2.47. The molecule has 0 unspecified atom stereocenters. The van der Waals surface area contributed by atoms with Crippen LogP contribution in [0.1, 0.15) is 29.5 Å². The lowest BCUT2D eigenvalue weighted by Crippen LogP contribution is -2.08. The van der Waals surface area contributed by atoms with Crippen LogP contribution < -0.4 is 4.74 Å². The second kappa shape index (κ2) is 8.48. The third kappa shape index (κ3) is 4.45. The zero-order valence-corrected chi connectivity index (χ0v) is 16.5. The van der Waals surface area contributed by atoms with Crippen molar-refractivity contribution in [1.29, 1.82) is 0 Å².